The lowest BCUT2D eigenvalue weighted by Gasteiger charge is -2.32. The average molecular weight is 403 g/mol. The van der Waals surface area contributed by atoms with E-state index < -0.39 is 0 Å². The highest BCUT2D eigenvalue weighted by atomic mass is 16.2. The summed E-state index contributed by atoms with van der Waals surface area (Å²) in [4.78, 5) is 38.3. The average Bonchev–Trinajstić information content (AvgIpc) is 2.79. The van der Waals surface area contributed by atoms with E-state index in [0.29, 0.717) is 12.2 Å². The highest BCUT2D eigenvalue weighted by Gasteiger charge is 2.25. The van der Waals surface area contributed by atoms with Gasteiger partial charge in [0, 0.05) is 48.2 Å². The number of nitrogens with one attached hydrogen (secondary N) is 2. The number of rotatable bonds is 5. The van der Waals surface area contributed by atoms with E-state index in [-0.39, 0.29) is 17.4 Å². The number of hydrogen-bond acceptors (Lipinski definition) is 5. The zero-order chi connectivity index (χ0) is 20.9. The number of nitrogens with zero attached hydrogens (tertiary/aromatic N) is 3. The molecule has 2 aromatic heterocycles. The monoisotopic (exact) mass is 403 g/mol. The van der Waals surface area contributed by atoms with Crippen molar-refractivity contribution in [1.29, 1.82) is 0 Å². The van der Waals surface area contributed by atoms with Gasteiger partial charge in [0.15, 0.2) is 0 Å². The number of pyridine rings is 1. The Morgan fingerprint density at radius 1 is 1.17 bits per heavy atom. The normalized spacial score (nSPS) is 14.5. The van der Waals surface area contributed by atoms with Crippen LogP contribution in [0.2, 0.25) is 0 Å². The highest BCUT2D eigenvalue weighted by molar-refractivity contribution is 5.92. The van der Waals surface area contributed by atoms with Crippen LogP contribution >= 0.6 is 0 Å². The molecule has 1 aliphatic rings. The maximum atomic E-state index is 12.5. The van der Waals surface area contributed by atoms with E-state index in [1.807, 2.05) is 49.4 Å². The predicted octanol–water partition coefficient (Wildman–Crippen LogP) is 3.25. The lowest BCUT2D eigenvalue weighted by molar-refractivity contribution is -0.120. The summed E-state index contributed by atoms with van der Waals surface area (Å²) in [5, 5.41) is 3.00. The first-order chi connectivity index (χ1) is 14.6. The summed E-state index contributed by atoms with van der Waals surface area (Å²) in [5.74, 6) is 1.49. The second-order valence-corrected chi connectivity index (χ2v) is 7.46. The molecule has 0 spiro atoms. The van der Waals surface area contributed by atoms with Crippen LogP contribution in [0.5, 0.6) is 0 Å². The molecule has 1 fully saturated rings. The van der Waals surface area contributed by atoms with Gasteiger partial charge >= 0.3 is 0 Å². The summed E-state index contributed by atoms with van der Waals surface area (Å²) >= 11 is 0. The van der Waals surface area contributed by atoms with E-state index >= 15 is 0 Å². The minimum atomic E-state index is -0.156. The molecule has 1 aliphatic heterocycles. The number of H-pyrrole nitrogens is 1. The third-order valence-electron chi connectivity index (χ3n) is 5.41. The van der Waals surface area contributed by atoms with Crippen molar-refractivity contribution in [3.63, 3.8) is 0 Å². The molecule has 1 amide bonds. The van der Waals surface area contributed by atoms with E-state index in [0.717, 1.165) is 48.7 Å². The van der Waals surface area contributed by atoms with Crippen LogP contribution < -0.4 is 15.8 Å². The van der Waals surface area contributed by atoms with Gasteiger partial charge in [0.05, 0.1) is 0 Å². The topological polar surface area (TPSA) is 91.0 Å². The van der Waals surface area contributed by atoms with Crippen molar-refractivity contribution in [2.24, 2.45) is 5.92 Å². The summed E-state index contributed by atoms with van der Waals surface area (Å²) in [5.41, 5.74) is 2.22. The highest BCUT2D eigenvalue weighted by Crippen LogP contribution is 2.24. The molecule has 1 saturated heterocycles. The molecule has 0 aliphatic carbocycles. The fraction of sp³-hybridized carbons (Fsp3) is 0.304. The summed E-state index contributed by atoms with van der Waals surface area (Å²) in [6.45, 7) is 3.52. The maximum Gasteiger partial charge on any atom is 0.251 e. The molecule has 7 heteroatoms. The number of piperidine rings is 1. The van der Waals surface area contributed by atoms with Gasteiger partial charge in [-0.05, 0) is 43.5 Å². The number of amides is 1. The summed E-state index contributed by atoms with van der Waals surface area (Å²) in [6.07, 6.45) is 4.02. The standard InChI is InChI=1S/C23H25N5O2/c1-2-18-14-21(29)27-22(25-18)17-8-9-20(24-15-17)28-12-10-16(11-13-28)23(30)26-19-6-4-3-5-7-19/h3-9,14-16H,2,10-13H2,1H3,(H,26,30)(H,25,27,29). The Labute approximate surface area is 175 Å². The Morgan fingerprint density at radius 2 is 1.93 bits per heavy atom. The van der Waals surface area contributed by atoms with Crippen LogP contribution in [0.4, 0.5) is 11.5 Å². The first-order valence-electron chi connectivity index (χ1n) is 10.3. The van der Waals surface area contributed by atoms with Crippen LogP contribution in [0.25, 0.3) is 11.4 Å². The Bertz CT molecular complexity index is 1050. The molecule has 0 radical (unpaired) electrons. The second-order valence-electron chi connectivity index (χ2n) is 7.46. The largest absolute Gasteiger partial charge is 0.357 e. The minimum Gasteiger partial charge on any atom is -0.357 e. The van der Waals surface area contributed by atoms with Crippen LogP contribution in [-0.4, -0.2) is 33.9 Å². The van der Waals surface area contributed by atoms with E-state index in [1.54, 1.807) is 6.20 Å². The summed E-state index contributed by atoms with van der Waals surface area (Å²) < 4.78 is 0. The van der Waals surface area contributed by atoms with Crippen molar-refractivity contribution in [2.75, 3.05) is 23.3 Å². The lowest BCUT2D eigenvalue weighted by Crippen LogP contribution is -2.38. The number of para-hydroxylation sites is 1. The van der Waals surface area contributed by atoms with Gasteiger partial charge in [-0.15, -0.1) is 0 Å². The van der Waals surface area contributed by atoms with E-state index in [9.17, 15) is 9.59 Å². The molecular weight excluding hydrogens is 378 g/mol. The molecule has 3 heterocycles. The van der Waals surface area contributed by atoms with Gasteiger partial charge in [-0.3, -0.25) is 9.59 Å². The van der Waals surface area contributed by atoms with Crippen molar-refractivity contribution < 1.29 is 4.79 Å². The summed E-state index contributed by atoms with van der Waals surface area (Å²) in [7, 11) is 0. The molecule has 0 saturated carbocycles. The first kappa shape index (κ1) is 19.8. The Morgan fingerprint density at radius 3 is 2.60 bits per heavy atom. The molecule has 154 valence electrons. The van der Waals surface area contributed by atoms with Gasteiger partial charge in [0.1, 0.15) is 11.6 Å². The number of carbonyl (C=O) groups excluding carboxylic acids is 1. The van der Waals surface area contributed by atoms with E-state index in [2.05, 4.69) is 25.2 Å². The number of carbonyl (C=O) groups is 1. The van der Waals surface area contributed by atoms with Gasteiger partial charge in [0.25, 0.3) is 5.56 Å². The van der Waals surface area contributed by atoms with Crippen LogP contribution in [0, 0.1) is 5.92 Å². The molecule has 0 atom stereocenters. The molecule has 2 N–H and O–H groups in total. The molecule has 3 aromatic rings. The van der Waals surface area contributed by atoms with E-state index in [4.69, 9.17) is 0 Å². The van der Waals surface area contributed by atoms with Gasteiger partial charge in [-0.1, -0.05) is 25.1 Å². The van der Waals surface area contributed by atoms with Crippen molar-refractivity contribution in [3.05, 3.63) is 70.8 Å². The SMILES string of the molecule is CCc1cc(=O)[nH]c(-c2ccc(N3CCC(C(=O)Nc4ccccc4)CC3)nc2)n1. The fourth-order valence-electron chi connectivity index (χ4n) is 3.68. The van der Waals surface area contributed by atoms with Crippen LogP contribution in [0.1, 0.15) is 25.5 Å². The smallest absolute Gasteiger partial charge is 0.251 e. The zero-order valence-corrected chi connectivity index (χ0v) is 17.0. The van der Waals surface area contributed by atoms with Gasteiger partial charge in [-0.25, -0.2) is 9.97 Å². The minimum absolute atomic E-state index is 0.00629. The van der Waals surface area contributed by atoms with Gasteiger partial charge < -0.3 is 15.2 Å². The Balaban J connectivity index is 1.38. The van der Waals surface area contributed by atoms with Crippen LogP contribution in [0.15, 0.2) is 59.5 Å². The molecule has 30 heavy (non-hydrogen) atoms. The number of aryl methyl sites for hydroxylation is 1. The van der Waals surface area contributed by atoms with Crippen LogP contribution in [-0.2, 0) is 11.2 Å². The zero-order valence-electron chi connectivity index (χ0n) is 17.0. The number of aromatic amines is 1. The maximum absolute atomic E-state index is 12.5. The van der Waals surface area contributed by atoms with Crippen molar-refractivity contribution in [2.45, 2.75) is 26.2 Å². The number of aromatic nitrogens is 3. The number of hydrogen-bond donors (Lipinski definition) is 2. The molecule has 4 rings (SSSR count). The fourth-order valence-corrected chi connectivity index (χ4v) is 3.68. The van der Waals surface area contributed by atoms with Crippen molar-refractivity contribution in [3.8, 4) is 11.4 Å². The second kappa shape index (κ2) is 8.90. The molecule has 0 bridgehead atoms. The number of anilines is 2. The van der Waals surface area contributed by atoms with Crippen molar-refractivity contribution >= 4 is 17.4 Å². The third kappa shape index (κ3) is 4.56. The Hall–Kier alpha value is -3.48. The third-order valence-corrected chi connectivity index (χ3v) is 5.41. The molecule has 0 unspecified atom stereocenters. The molecule has 7 nitrogen and oxygen atoms in total. The number of benzene rings is 1. The molecular formula is C23H25N5O2. The van der Waals surface area contributed by atoms with Gasteiger partial charge in [0.2, 0.25) is 5.91 Å². The molecule has 1 aromatic carbocycles. The predicted molar refractivity (Wildman–Crippen MR) is 117 cm³/mol. The summed E-state index contributed by atoms with van der Waals surface area (Å²) in [6, 6.07) is 14.9. The van der Waals surface area contributed by atoms with E-state index in [1.165, 1.54) is 6.07 Å². The quantitative estimate of drug-likeness (QED) is 0.682. The Kier molecular flexibility index (Phi) is 5.88. The van der Waals surface area contributed by atoms with Crippen molar-refractivity contribution in [1.82, 2.24) is 15.0 Å². The first-order valence-corrected chi connectivity index (χ1v) is 10.3. The van der Waals surface area contributed by atoms with Gasteiger partial charge in [-0.2, -0.15) is 0 Å². The van der Waals surface area contributed by atoms with Crippen LogP contribution in [0.3, 0.4) is 0 Å². The lowest BCUT2D eigenvalue weighted by atomic mass is 9.95.